The Morgan fingerprint density at radius 1 is 1.17 bits per heavy atom. The molecule has 2 aromatic heterocycles. The summed E-state index contributed by atoms with van der Waals surface area (Å²) in [6.07, 6.45) is 3.57. The third-order valence-corrected chi connectivity index (χ3v) is 8.44. The van der Waals surface area contributed by atoms with Crippen molar-refractivity contribution in [1.29, 1.82) is 0 Å². The van der Waals surface area contributed by atoms with Crippen molar-refractivity contribution >= 4 is 34.9 Å². The molecule has 0 aliphatic heterocycles. The van der Waals surface area contributed by atoms with Gasteiger partial charge in [-0.05, 0) is 30.5 Å². The number of nitrogens with zero attached hydrogens (tertiary/aromatic N) is 2. The number of hydrogen-bond donors (Lipinski definition) is 3. The van der Waals surface area contributed by atoms with Crippen molar-refractivity contribution in [2.24, 2.45) is 0 Å². The number of hydroxylamine groups is 1. The fourth-order valence-corrected chi connectivity index (χ4v) is 4.73. The molecule has 0 saturated carbocycles. The van der Waals surface area contributed by atoms with Crippen LogP contribution in [0.1, 0.15) is 13.3 Å². The number of pyridine rings is 1. The second kappa shape index (κ2) is 12.0. The van der Waals surface area contributed by atoms with Crippen molar-refractivity contribution in [1.82, 2.24) is 27.3 Å². The number of aromatic nitrogens is 2. The highest BCUT2D eigenvalue weighted by molar-refractivity contribution is 7.92. The molecule has 16 heteroatoms. The van der Waals surface area contributed by atoms with Gasteiger partial charge in [0.05, 0.1) is 7.82 Å². The number of hydrogen-bond acceptors (Lipinski definition) is 10. The summed E-state index contributed by atoms with van der Waals surface area (Å²) >= 11 is 1.51. The molecule has 0 aliphatic rings. The molecule has 0 radical (unpaired) electrons. The van der Waals surface area contributed by atoms with Crippen LogP contribution in [-0.4, -0.2) is 34.9 Å². The summed E-state index contributed by atoms with van der Waals surface area (Å²) in [5.74, 6) is -1.34. The van der Waals surface area contributed by atoms with E-state index in [0.717, 1.165) is 29.3 Å². The van der Waals surface area contributed by atoms with E-state index in [1.165, 1.54) is 33.6 Å². The smallest absolute Gasteiger partial charge is 0.265 e. The minimum Gasteiger partial charge on any atom is -0.788 e. The van der Waals surface area contributed by atoms with Crippen LogP contribution in [0.3, 0.4) is 0 Å². The Labute approximate surface area is 211 Å². The first-order valence-electron chi connectivity index (χ1n) is 9.72. The molecule has 9 N–H and O–H groups in total. The predicted octanol–water partition coefficient (Wildman–Crippen LogP) is 1.46. The molecule has 1 aromatic carbocycles. The Morgan fingerprint density at radius 3 is 2.28 bits per heavy atom. The van der Waals surface area contributed by atoms with E-state index in [-0.39, 0.29) is 25.3 Å². The average Bonchev–Trinajstić information content (AvgIpc) is 3.30. The lowest BCUT2D eigenvalue weighted by Gasteiger charge is -2.31. The lowest BCUT2D eigenvalue weighted by Crippen LogP contribution is -2.51. The average molecular weight is 562 g/mol. The van der Waals surface area contributed by atoms with E-state index in [1.807, 2.05) is 29.6 Å². The van der Waals surface area contributed by atoms with Crippen molar-refractivity contribution < 1.29 is 32.2 Å². The monoisotopic (exact) mass is 561 g/mol. The summed E-state index contributed by atoms with van der Waals surface area (Å²) in [7, 11) is -9.66. The van der Waals surface area contributed by atoms with Crippen LogP contribution in [0.25, 0.3) is 21.7 Å². The highest BCUT2D eigenvalue weighted by atomic mass is 32.2. The number of phosphoric acid groups is 1. The molecule has 0 aliphatic carbocycles. The van der Waals surface area contributed by atoms with Gasteiger partial charge >= 0.3 is 0 Å². The molecule has 0 bridgehead atoms. The first-order valence-corrected chi connectivity index (χ1v) is 13.9. The molecule has 36 heavy (non-hydrogen) atoms. The Hall–Kier alpha value is -2.75. The number of aryl methyl sites for hydroxylation is 1. The van der Waals surface area contributed by atoms with Gasteiger partial charge in [-0.1, -0.05) is 24.3 Å². The van der Waals surface area contributed by atoms with Gasteiger partial charge in [-0.2, -0.15) is 0 Å². The number of amides is 1. The van der Waals surface area contributed by atoms with Crippen LogP contribution in [0.2, 0.25) is 0 Å². The maximum absolute atomic E-state index is 12.6. The Balaban J connectivity index is 0.00000324. The van der Waals surface area contributed by atoms with Crippen LogP contribution in [0.4, 0.5) is 0 Å². The third kappa shape index (κ3) is 7.38. The van der Waals surface area contributed by atoms with Crippen molar-refractivity contribution in [3.05, 3.63) is 64.5 Å². The quantitative estimate of drug-likeness (QED) is 0.252. The van der Waals surface area contributed by atoms with Crippen molar-refractivity contribution in [2.45, 2.75) is 24.6 Å². The minimum atomic E-state index is -5.56. The van der Waals surface area contributed by atoms with Crippen LogP contribution in [-0.2, 0) is 30.4 Å². The number of thiazole rings is 1. The SMILES string of the molecule is C[C@@](CCn1ccc(-c2ccc(-c3nccs3)cc2)cc1=O)(C(=O)NOP(=O)([O-])[O-])S(C)(=O)=O.[NH4+].[NH4+]. The minimum absolute atomic E-state index is 0. The van der Waals surface area contributed by atoms with Gasteiger partial charge < -0.3 is 31.2 Å². The van der Waals surface area contributed by atoms with Gasteiger partial charge in [0.15, 0.2) is 14.6 Å². The lowest BCUT2D eigenvalue weighted by atomic mass is 10.0. The lowest BCUT2D eigenvalue weighted by molar-refractivity contribution is -0.345. The normalized spacial score (nSPS) is 13.1. The molecular weight excluding hydrogens is 533 g/mol. The zero-order chi connectivity index (χ0) is 25.1. The molecule has 13 nitrogen and oxygen atoms in total. The number of carbonyl (C=O) groups excluding carboxylic acids is 1. The van der Waals surface area contributed by atoms with Gasteiger partial charge in [0.1, 0.15) is 5.01 Å². The summed E-state index contributed by atoms with van der Waals surface area (Å²) in [6.45, 7) is 0.871. The molecule has 0 spiro atoms. The number of sulfone groups is 1. The summed E-state index contributed by atoms with van der Waals surface area (Å²) in [4.78, 5) is 50.4. The second-order valence-electron chi connectivity index (χ2n) is 7.58. The van der Waals surface area contributed by atoms with Crippen molar-refractivity contribution in [2.75, 3.05) is 6.26 Å². The van der Waals surface area contributed by atoms with Gasteiger partial charge in [0.2, 0.25) is 0 Å². The number of carbonyl (C=O) groups is 1. The first kappa shape index (κ1) is 31.3. The van der Waals surface area contributed by atoms with E-state index in [0.29, 0.717) is 5.56 Å². The van der Waals surface area contributed by atoms with Gasteiger partial charge in [-0.15, -0.1) is 11.3 Å². The van der Waals surface area contributed by atoms with E-state index in [9.17, 15) is 32.4 Å². The number of nitrogens with one attached hydrogen (secondary N) is 1. The van der Waals surface area contributed by atoms with E-state index in [2.05, 4.69) is 9.61 Å². The van der Waals surface area contributed by atoms with Crippen LogP contribution in [0.15, 0.2) is 59.0 Å². The highest BCUT2D eigenvalue weighted by Crippen LogP contribution is 2.27. The molecule has 3 aromatic rings. The molecule has 0 fully saturated rings. The zero-order valence-electron chi connectivity index (χ0n) is 20.0. The van der Waals surface area contributed by atoms with E-state index >= 15 is 0 Å². The number of quaternary nitrogens is 2. The van der Waals surface area contributed by atoms with Crippen LogP contribution in [0, 0.1) is 0 Å². The molecule has 1 amide bonds. The van der Waals surface area contributed by atoms with E-state index in [1.54, 1.807) is 12.3 Å². The van der Waals surface area contributed by atoms with Gasteiger partial charge in [0.25, 0.3) is 11.5 Å². The van der Waals surface area contributed by atoms with Crippen molar-refractivity contribution in [3.63, 3.8) is 0 Å². The zero-order valence-corrected chi connectivity index (χ0v) is 22.6. The van der Waals surface area contributed by atoms with Crippen LogP contribution < -0.4 is 33.1 Å². The summed E-state index contributed by atoms with van der Waals surface area (Å²) in [5.41, 5.74) is 3.32. The fourth-order valence-electron chi connectivity index (χ4n) is 3.05. The van der Waals surface area contributed by atoms with Gasteiger partial charge in [-0.25, -0.2) is 23.5 Å². The number of benzene rings is 1. The number of rotatable bonds is 9. The van der Waals surface area contributed by atoms with Crippen LogP contribution in [0.5, 0.6) is 0 Å². The fraction of sp³-hybridized carbons (Fsp3) is 0.250. The predicted molar refractivity (Wildman–Crippen MR) is 134 cm³/mol. The van der Waals surface area contributed by atoms with Crippen LogP contribution >= 0.6 is 19.2 Å². The van der Waals surface area contributed by atoms with Crippen molar-refractivity contribution in [3.8, 4) is 21.7 Å². The molecule has 1 atom stereocenters. The standard InChI is InChI=1S/C20H22N3O8PS2.2H3N/c1-20(34(2,29)30,19(25)22-31-32(26,27)28)8-11-23-10-7-16(13-17(23)24)14-3-5-15(6-4-14)18-21-9-12-33-18;;/h3-7,9-10,12-13H,8,11H2,1-2H3,(H,22,25)(H2,26,27,28);2*1H3/t20-;;/m1../s1. The van der Waals surface area contributed by atoms with Gasteiger partial charge in [-0.3, -0.25) is 9.59 Å². The Kier molecular flexibility index (Phi) is 10.4. The van der Waals surface area contributed by atoms with E-state index in [4.69, 9.17) is 0 Å². The molecule has 0 unspecified atom stereocenters. The molecular formula is C20H28N5O8PS2. The second-order valence-corrected chi connectivity index (χ2v) is 12.0. The Morgan fingerprint density at radius 2 is 1.78 bits per heavy atom. The Bertz CT molecular complexity index is 1390. The first-order chi connectivity index (χ1) is 15.8. The largest absolute Gasteiger partial charge is 0.788 e. The molecule has 198 valence electrons. The summed E-state index contributed by atoms with van der Waals surface area (Å²) in [5, 5.41) is 2.75. The maximum Gasteiger partial charge on any atom is 0.265 e. The topological polar surface area (TPSA) is 244 Å². The summed E-state index contributed by atoms with van der Waals surface area (Å²) in [6, 6.07) is 10.5. The maximum atomic E-state index is 12.6. The summed E-state index contributed by atoms with van der Waals surface area (Å²) < 4.78 is 37.9. The third-order valence-electron chi connectivity index (χ3n) is 5.27. The highest BCUT2D eigenvalue weighted by Gasteiger charge is 2.43. The molecule has 0 saturated heterocycles. The molecule has 3 rings (SSSR count). The molecule has 2 heterocycles. The van der Waals surface area contributed by atoms with E-state index < -0.39 is 33.9 Å². The van der Waals surface area contributed by atoms with Gasteiger partial charge in [0, 0.05) is 42.2 Å².